The zero-order valence-corrected chi connectivity index (χ0v) is 10.7. The lowest BCUT2D eigenvalue weighted by Gasteiger charge is -2.25. The zero-order valence-electron chi connectivity index (χ0n) is 7.52. The largest absolute Gasteiger partial charge is 0.398 e. The Morgan fingerprint density at radius 3 is 2.09 bits per heavy atom. The third-order valence-electron chi connectivity index (χ3n) is 1.97. The van der Waals surface area contributed by atoms with E-state index in [-0.39, 0.29) is 0 Å². The summed E-state index contributed by atoms with van der Waals surface area (Å²) in [5.74, 6) is 0. The molecule has 0 aromatic carbocycles. The molecule has 0 saturated heterocycles. The molecule has 0 amide bonds. The number of halogens is 1. The number of alkyl halides is 1. The van der Waals surface area contributed by atoms with E-state index in [1.54, 1.807) is 14.2 Å². The maximum atomic E-state index is 5.45. The van der Waals surface area contributed by atoms with Gasteiger partial charge in [0.2, 0.25) is 0 Å². The molecular formula is C7H17IO2Si. The highest BCUT2D eigenvalue weighted by molar-refractivity contribution is 14.1. The first-order chi connectivity index (χ1) is 5.24. The number of rotatable bonds is 6. The molecule has 0 heterocycles. The van der Waals surface area contributed by atoms with Crippen LogP contribution in [0, 0.1) is 0 Å². The Bertz CT molecular complexity index is 88.2. The van der Waals surface area contributed by atoms with Crippen LogP contribution in [-0.4, -0.2) is 27.2 Å². The van der Waals surface area contributed by atoms with Crippen LogP contribution in [-0.2, 0) is 8.85 Å². The normalized spacial score (nSPS) is 12.0. The van der Waals surface area contributed by atoms with Crippen molar-refractivity contribution in [2.24, 2.45) is 0 Å². The van der Waals surface area contributed by atoms with Gasteiger partial charge in [-0.3, -0.25) is 0 Å². The van der Waals surface area contributed by atoms with E-state index in [1.807, 2.05) is 0 Å². The summed E-state index contributed by atoms with van der Waals surface area (Å²) in [5, 5.41) is 0. The van der Waals surface area contributed by atoms with Crippen molar-refractivity contribution in [1.82, 2.24) is 0 Å². The van der Waals surface area contributed by atoms with Gasteiger partial charge in [0.15, 0.2) is 0 Å². The Balaban J connectivity index is 3.84. The van der Waals surface area contributed by atoms with E-state index >= 15 is 0 Å². The lowest BCUT2D eigenvalue weighted by molar-refractivity contribution is 0.242. The van der Waals surface area contributed by atoms with Gasteiger partial charge in [-0.25, -0.2) is 0 Å². The molecule has 2 nitrogen and oxygen atoms in total. The summed E-state index contributed by atoms with van der Waals surface area (Å²) in [7, 11) is 1.80. The molecule has 0 fully saturated rings. The van der Waals surface area contributed by atoms with E-state index in [9.17, 15) is 0 Å². The number of hydrogen-bond donors (Lipinski definition) is 0. The molecule has 0 bridgehead atoms. The molecule has 0 aliphatic carbocycles. The average Bonchev–Trinajstić information content (AvgIpc) is 2.08. The lowest BCUT2D eigenvalue weighted by Crippen LogP contribution is -2.38. The van der Waals surface area contributed by atoms with Gasteiger partial charge in [0.25, 0.3) is 0 Å². The molecule has 0 rings (SSSR count). The second-order valence-corrected chi connectivity index (χ2v) is 7.39. The predicted octanol–water partition coefficient (Wildman–Crippen LogP) is 2.57. The molecule has 0 aliphatic heterocycles. The van der Waals surface area contributed by atoms with Crippen LogP contribution in [0.5, 0.6) is 0 Å². The van der Waals surface area contributed by atoms with Gasteiger partial charge in [0, 0.05) is 14.2 Å². The van der Waals surface area contributed by atoms with Crippen LogP contribution in [0.2, 0.25) is 12.1 Å². The van der Waals surface area contributed by atoms with Crippen LogP contribution < -0.4 is 0 Å². The fraction of sp³-hybridized carbons (Fsp3) is 1.00. The van der Waals surface area contributed by atoms with Gasteiger partial charge in [0.1, 0.15) is 0 Å². The predicted molar refractivity (Wildman–Crippen MR) is 58.6 cm³/mol. The molecule has 0 N–H and O–H groups in total. The summed E-state index contributed by atoms with van der Waals surface area (Å²) in [6, 6.07) is 2.18. The van der Waals surface area contributed by atoms with E-state index in [0.717, 1.165) is 12.1 Å². The Morgan fingerprint density at radius 2 is 1.82 bits per heavy atom. The summed E-state index contributed by atoms with van der Waals surface area (Å²) in [5.41, 5.74) is 0. The summed E-state index contributed by atoms with van der Waals surface area (Å²) < 4.78 is 12.1. The highest BCUT2D eigenvalue weighted by Crippen LogP contribution is 2.19. The molecular weight excluding hydrogens is 271 g/mol. The van der Waals surface area contributed by atoms with Gasteiger partial charge in [-0.2, -0.15) is 0 Å². The molecule has 0 atom stereocenters. The third kappa shape index (κ3) is 3.87. The van der Waals surface area contributed by atoms with Crippen molar-refractivity contribution in [3.8, 4) is 0 Å². The molecule has 0 aromatic rings. The van der Waals surface area contributed by atoms with Gasteiger partial charge in [-0.15, -0.1) is 0 Å². The first kappa shape index (κ1) is 11.9. The van der Waals surface area contributed by atoms with Crippen molar-refractivity contribution in [2.75, 3.05) is 18.6 Å². The van der Waals surface area contributed by atoms with Crippen molar-refractivity contribution in [2.45, 2.75) is 25.4 Å². The van der Waals surface area contributed by atoms with Crippen molar-refractivity contribution >= 4 is 31.2 Å². The summed E-state index contributed by atoms with van der Waals surface area (Å²) in [4.78, 5) is 0. The highest BCUT2D eigenvalue weighted by Gasteiger charge is 2.31. The molecule has 0 saturated carbocycles. The molecule has 0 spiro atoms. The van der Waals surface area contributed by atoms with Gasteiger partial charge in [0.05, 0.1) is 0 Å². The molecule has 68 valence electrons. The first-order valence-electron chi connectivity index (χ1n) is 3.91. The van der Waals surface area contributed by atoms with Gasteiger partial charge >= 0.3 is 8.56 Å². The van der Waals surface area contributed by atoms with Crippen LogP contribution in [0.15, 0.2) is 0 Å². The highest BCUT2D eigenvalue weighted by atomic mass is 127. The van der Waals surface area contributed by atoms with E-state index in [4.69, 9.17) is 8.85 Å². The molecule has 11 heavy (non-hydrogen) atoms. The first-order valence-corrected chi connectivity index (χ1v) is 7.66. The topological polar surface area (TPSA) is 18.5 Å². The average molecular weight is 288 g/mol. The van der Waals surface area contributed by atoms with Gasteiger partial charge < -0.3 is 8.85 Å². The molecule has 0 unspecified atom stereocenters. The Hall–Kier alpha value is 0.867. The quantitative estimate of drug-likeness (QED) is 0.425. The van der Waals surface area contributed by atoms with E-state index in [1.165, 1.54) is 10.8 Å². The molecule has 0 aliphatic rings. The summed E-state index contributed by atoms with van der Waals surface area (Å²) in [6.07, 6.45) is 1.21. The second kappa shape index (κ2) is 6.39. The minimum Gasteiger partial charge on any atom is -0.398 e. The van der Waals surface area contributed by atoms with Crippen LogP contribution in [0.4, 0.5) is 0 Å². The van der Waals surface area contributed by atoms with Crippen molar-refractivity contribution in [3.63, 3.8) is 0 Å². The lowest BCUT2D eigenvalue weighted by atomic mass is 10.6. The fourth-order valence-corrected chi connectivity index (χ4v) is 4.41. The van der Waals surface area contributed by atoms with Crippen LogP contribution in [0.25, 0.3) is 0 Å². The zero-order chi connectivity index (χ0) is 8.74. The van der Waals surface area contributed by atoms with Gasteiger partial charge in [-0.05, 0) is 22.9 Å². The van der Waals surface area contributed by atoms with Crippen molar-refractivity contribution < 1.29 is 8.85 Å². The maximum absolute atomic E-state index is 5.45. The Labute approximate surface area is 84.0 Å². The van der Waals surface area contributed by atoms with E-state index in [2.05, 4.69) is 29.5 Å². The minimum absolute atomic E-state index is 1.05. The summed E-state index contributed by atoms with van der Waals surface area (Å²) >= 11 is 2.39. The molecule has 0 radical (unpaired) electrons. The second-order valence-electron chi connectivity index (χ2n) is 2.47. The van der Waals surface area contributed by atoms with Crippen LogP contribution >= 0.6 is 22.6 Å². The van der Waals surface area contributed by atoms with Crippen LogP contribution in [0.3, 0.4) is 0 Å². The molecule has 0 aromatic heterocycles. The van der Waals surface area contributed by atoms with Crippen molar-refractivity contribution in [3.05, 3.63) is 0 Å². The summed E-state index contributed by atoms with van der Waals surface area (Å²) in [6.45, 7) is 2.15. The number of hydrogen-bond acceptors (Lipinski definition) is 2. The smallest absolute Gasteiger partial charge is 0.337 e. The molecule has 4 heteroatoms. The standard InChI is InChI=1S/C7H17IO2Si/c1-4-11(9-2,10-3)7-5-6-8/h4-7H2,1-3H3. The monoisotopic (exact) mass is 288 g/mol. The van der Waals surface area contributed by atoms with E-state index in [0.29, 0.717) is 0 Å². The van der Waals surface area contributed by atoms with Crippen molar-refractivity contribution in [1.29, 1.82) is 0 Å². The minimum atomic E-state index is -1.74. The maximum Gasteiger partial charge on any atom is 0.337 e. The SMILES string of the molecule is CC[Si](CCCI)(OC)OC. The third-order valence-corrected chi connectivity index (χ3v) is 6.42. The van der Waals surface area contributed by atoms with E-state index < -0.39 is 8.56 Å². The van der Waals surface area contributed by atoms with Gasteiger partial charge in [-0.1, -0.05) is 29.5 Å². The Kier molecular flexibility index (Phi) is 6.89. The Morgan fingerprint density at radius 1 is 1.27 bits per heavy atom. The fourth-order valence-electron chi connectivity index (χ4n) is 1.09. The van der Waals surface area contributed by atoms with Crippen LogP contribution in [0.1, 0.15) is 13.3 Å².